The molecule has 0 aromatic rings. The molecule has 4 heteroatoms. The summed E-state index contributed by atoms with van der Waals surface area (Å²) in [6.07, 6.45) is 6.80. The molecular weight excluding hydrogens is 220 g/mol. The van der Waals surface area contributed by atoms with Gasteiger partial charge in [0.25, 0.3) is 0 Å². The smallest absolute Gasteiger partial charge is 0.169 e. The summed E-state index contributed by atoms with van der Waals surface area (Å²) < 4.78 is 11.6. The van der Waals surface area contributed by atoms with Gasteiger partial charge in [0.2, 0.25) is 0 Å². The summed E-state index contributed by atoms with van der Waals surface area (Å²) in [5.41, 5.74) is 0. The van der Waals surface area contributed by atoms with E-state index in [-0.39, 0.29) is 9.76 Å². The predicted octanol–water partition coefficient (Wildman–Crippen LogP) is 2.30. The maximum absolute atomic E-state index is 6.00. The summed E-state index contributed by atoms with van der Waals surface area (Å²) in [7, 11) is -1.43. The average molecular weight is 244 g/mol. The lowest BCUT2D eigenvalue weighted by Crippen LogP contribution is -2.27. The van der Waals surface area contributed by atoms with E-state index in [1.165, 1.54) is 31.7 Å². The average Bonchev–Trinajstić information content (AvgIpc) is 2.88. The van der Waals surface area contributed by atoms with Gasteiger partial charge in [-0.1, -0.05) is 6.42 Å². The third-order valence-corrected chi connectivity index (χ3v) is 8.38. The Hall–Kier alpha value is 0.354. The summed E-state index contributed by atoms with van der Waals surface area (Å²) in [4.78, 5) is 0. The molecule has 3 atom stereocenters. The van der Waals surface area contributed by atoms with Crippen molar-refractivity contribution in [3.05, 3.63) is 0 Å². The van der Waals surface area contributed by atoms with Gasteiger partial charge in [0, 0.05) is 0 Å². The van der Waals surface area contributed by atoms with Crippen LogP contribution in [0.15, 0.2) is 0 Å². The molecule has 0 amide bonds. The maximum Gasteiger partial charge on any atom is 0.169 e. The molecule has 0 radical (unpaired) electrons. The monoisotopic (exact) mass is 244 g/mol. The fraction of sp³-hybridized carbons (Fsp3) is 1.00. The van der Waals surface area contributed by atoms with E-state index in [2.05, 4.69) is 19.6 Å². The Morgan fingerprint density at radius 3 is 2.73 bits per heavy atom. The van der Waals surface area contributed by atoms with Gasteiger partial charge in [-0.05, 0) is 50.9 Å². The largest absolute Gasteiger partial charge is 0.461 e. The van der Waals surface area contributed by atoms with Crippen LogP contribution in [0.3, 0.4) is 0 Å². The van der Waals surface area contributed by atoms with Gasteiger partial charge in [0.1, 0.15) is 9.76 Å². The van der Waals surface area contributed by atoms with Crippen LogP contribution in [0.1, 0.15) is 25.7 Å². The number of hydrogen-bond donors (Lipinski definition) is 0. The Morgan fingerprint density at radius 1 is 1.27 bits per heavy atom. The molecule has 1 heterocycles. The molecule has 3 unspecified atom stereocenters. The molecule has 0 spiro atoms. The highest BCUT2D eigenvalue weighted by Crippen LogP contribution is 2.40. The molecule has 0 N–H and O–H groups in total. The minimum Gasteiger partial charge on any atom is -0.461 e. The molecule has 1 saturated carbocycles. The fourth-order valence-electron chi connectivity index (χ4n) is 2.50. The van der Waals surface area contributed by atoms with Crippen molar-refractivity contribution >= 4 is 18.1 Å². The van der Waals surface area contributed by atoms with E-state index in [9.17, 15) is 0 Å². The molecule has 2 rings (SSSR count). The Bertz CT molecular complexity index is 215. The number of ether oxygens (including phenoxy) is 1. The molecular formula is C11H24O2Si2. The molecule has 1 saturated heterocycles. The zero-order chi connectivity index (χ0) is 10.9. The standard InChI is InChI=1S/C11H24O2Si2/c1-15(2,3)13-14-7-6-9-4-5-10-11(8-9)12-10/h9-11H,4-8,14H2,1-3H3. The minimum absolute atomic E-state index is 0.220. The van der Waals surface area contributed by atoms with Crippen LogP contribution in [0.2, 0.25) is 25.7 Å². The van der Waals surface area contributed by atoms with E-state index in [4.69, 9.17) is 8.85 Å². The highest BCUT2D eigenvalue weighted by atomic mass is 28.4. The van der Waals surface area contributed by atoms with Crippen molar-refractivity contribution in [1.29, 1.82) is 0 Å². The second-order valence-corrected chi connectivity index (χ2v) is 12.5. The van der Waals surface area contributed by atoms with Crippen LogP contribution in [0, 0.1) is 5.92 Å². The second kappa shape index (κ2) is 4.69. The van der Waals surface area contributed by atoms with Crippen molar-refractivity contribution in [2.75, 3.05) is 0 Å². The van der Waals surface area contributed by atoms with Gasteiger partial charge in [0.05, 0.1) is 12.2 Å². The number of fused-ring (bicyclic) bond motifs is 1. The maximum atomic E-state index is 6.00. The van der Waals surface area contributed by atoms with Gasteiger partial charge >= 0.3 is 0 Å². The van der Waals surface area contributed by atoms with E-state index in [1.807, 2.05) is 0 Å². The van der Waals surface area contributed by atoms with E-state index in [0.29, 0.717) is 12.2 Å². The Morgan fingerprint density at radius 2 is 2.07 bits per heavy atom. The summed E-state index contributed by atoms with van der Waals surface area (Å²) in [5, 5.41) is 0. The molecule has 1 aliphatic heterocycles. The molecule has 2 nitrogen and oxygen atoms in total. The van der Waals surface area contributed by atoms with E-state index >= 15 is 0 Å². The molecule has 2 aliphatic rings. The molecule has 15 heavy (non-hydrogen) atoms. The van der Waals surface area contributed by atoms with E-state index in [1.54, 1.807) is 0 Å². The van der Waals surface area contributed by atoms with Crippen molar-refractivity contribution in [3.63, 3.8) is 0 Å². The lowest BCUT2D eigenvalue weighted by Gasteiger charge is -2.21. The Kier molecular flexibility index (Phi) is 3.70. The molecule has 2 fully saturated rings. The summed E-state index contributed by atoms with van der Waals surface area (Å²) in [6.45, 7) is 6.88. The molecule has 1 aliphatic carbocycles. The van der Waals surface area contributed by atoms with Crippen LogP contribution < -0.4 is 0 Å². The van der Waals surface area contributed by atoms with Crippen molar-refractivity contribution in [1.82, 2.24) is 0 Å². The van der Waals surface area contributed by atoms with Gasteiger partial charge in [-0.3, -0.25) is 0 Å². The summed E-state index contributed by atoms with van der Waals surface area (Å²) >= 11 is 0. The Balaban J connectivity index is 1.54. The lowest BCUT2D eigenvalue weighted by molar-refractivity contribution is 0.356. The van der Waals surface area contributed by atoms with Crippen molar-refractivity contribution in [3.8, 4) is 0 Å². The van der Waals surface area contributed by atoms with Crippen LogP contribution in [0.25, 0.3) is 0 Å². The van der Waals surface area contributed by atoms with Gasteiger partial charge in [0.15, 0.2) is 8.32 Å². The van der Waals surface area contributed by atoms with Crippen LogP contribution in [0.4, 0.5) is 0 Å². The third kappa shape index (κ3) is 4.02. The first-order valence-electron chi connectivity index (χ1n) is 6.34. The summed E-state index contributed by atoms with van der Waals surface area (Å²) in [5.74, 6) is 0.950. The fourth-order valence-corrected chi connectivity index (χ4v) is 6.27. The Labute approximate surface area is 96.8 Å². The van der Waals surface area contributed by atoms with Crippen LogP contribution in [-0.4, -0.2) is 30.3 Å². The highest BCUT2D eigenvalue weighted by molar-refractivity contribution is 6.73. The molecule has 0 aromatic carbocycles. The van der Waals surface area contributed by atoms with Gasteiger partial charge in [-0.15, -0.1) is 0 Å². The first-order valence-corrected chi connectivity index (χ1v) is 11.3. The van der Waals surface area contributed by atoms with Crippen LogP contribution in [-0.2, 0) is 8.85 Å². The second-order valence-electron chi connectivity index (χ2n) is 6.00. The number of rotatable bonds is 5. The SMILES string of the molecule is C[Si](C)(C)O[SiH2]CCC1CCC2OC2C1. The lowest BCUT2D eigenvalue weighted by atomic mass is 9.88. The minimum atomic E-state index is -1.21. The first kappa shape index (κ1) is 11.8. The molecule has 0 bridgehead atoms. The highest BCUT2D eigenvalue weighted by Gasteiger charge is 2.43. The van der Waals surface area contributed by atoms with E-state index < -0.39 is 8.32 Å². The zero-order valence-corrected chi connectivity index (χ0v) is 12.7. The van der Waals surface area contributed by atoms with Crippen molar-refractivity contribution in [2.24, 2.45) is 5.92 Å². The first-order chi connectivity index (χ1) is 7.04. The third-order valence-electron chi connectivity index (χ3n) is 3.40. The molecule has 88 valence electrons. The van der Waals surface area contributed by atoms with Gasteiger partial charge in [-0.25, -0.2) is 0 Å². The quantitative estimate of drug-likeness (QED) is 0.420. The zero-order valence-electron chi connectivity index (χ0n) is 10.3. The van der Waals surface area contributed by atoms with E-state index in [0.717, 1.165) is 5.92 Å². The molecule has 0 aromatic heterocycles. The van der Waals surface area contributed by atoms with Crippen LogP contribution >= 0.6 is 0 Å². The normalized spacial score (nSPS) is 35.8. The van der Waals surface area contributed by atoms with Gasteiger partial charge < -0.3 is 8.85 Å². The van der Waals surface area contributed by atoms with Crippen molar-refractivity contribution < 1.29 is 8.85 Å². The summed E-state index contributed by atoms with van der Waals surface area (Å²) in [6, 6.07) is 1.38. The predicted molar refractivity (Wildman–Crippen MR) is 68.4 cm³/mol. The number of epoxide rings is 1. The topological polar surface area (TPSA) is 21.8 Å². The van der Waals surface area contributed by atoms with Crippen molar-refractivity contribution in [2.45, 2.75) is 63.6 Å². The van der Waals surface area contributed by atoms with Gasteiger partial charge in [-0.2, -0.15) is 0 Å². The van der Waals surface area contributed by atoms with Crippen LogP contribution in [0.5, 0.6) is 0 Å². The number of hydrogen-bond acceptors (Lipinski definition) is 2.